The molecular weight excluding hydrogens is 148 g/mol. The maximum Gasteiger partial charge on any atom is 0.0108 e. The topological polar surface area (TPSA) is 29.3 Å². The SMILES string of the molecule is CCCN(CCN)C1CCCC1. The number of hydrogen-bond acceptors (Lipinski definition) is 2. The molecule has 0 saturated heterocycles. The number of rotatable bonds is 5. The Labute approximate surface area is 76.1 Å². The second-order valence-corrected chi connectivity index (χ2v) is 3.76. The van der Waals surface area contributed by atoms with Crippen LogP contribution in [0.2, 0.25) is 0 Å². The highest BCUT2D eigenvalue weighted by molar-refractivity contribution is 4.77. The summed E-state index contributed by atoms with van der Waals surface area (Å²) >= 11 is 0. The molecule has 2 heteroatoms. The molecule has 0 atom stereocenters. The van der Waals surface area contributed by atoms with Crippen LogP contribution in [0.3, 0.4) is 0 Å². The third-order valence-corrected chi connectivity index (χ3v) is 2.77. The van der Waals surface area contributed by atoms with Gasteiger partial charge in [-0.25, -0.2) is 0 Å². The summed E-state index contributed by atoms with van der Waals surface area (Å²) in [5.74, 6) is 0. The van der Waals surface area contributed by atoms with Crippen molar-refractivity contribution in [2.75, 3.05) is 19.6 Å². The Morgan fingerprint density at radius 2 is 1.92 bits per heavy atom. The van der Waals surface area contributed by atoms with Crippen LogP contribution in [0.4, 0.5) is 0 Å². The van der Waals surface area contributed by atoms with Crippen molar-refractivity contribution in [3.8, 4) is 0 Å². The summed E-state index contributed by atoms with van der Waals surface area (Å²) in [6.07, 6.45) is 6.92. The van der Waals surface area contributed by atoms with E-state index in [-0.39, 0.29) is 0 Å². The number of hydrogen-bond donors (Lipinski definition) is 1. The lowest BCUT2D eigenvalue weighted by atomic mass is 10.2. The van der Waals surface area contributed by atoms with E-state index in [1.165, 1.54) is 38.6 Å². The molecule has 2 nitrogen and oxygen atoms in total. The number of nitrogens with zero attached hydrogens (tertiary/aromatic N) is 1. The third kappa shape index (κ3) is 2.76. The van der Waals surface area contributed by atoms with Gasteiger partial charge in [-0.05, 0) is 25.8 Å². The Morgan fingerprint density at radius 1 is 1.25 bits per heavy atom. The van der Waals surface area contributed by atoms with Crippen molar-refractivity contribution in [2.24, 2.45) is 5.73 Å². The van der Waals surface area contributed by atoms with Gasteiger partial charge in [0.1, 0.15) is 0 Å². The zero-order valence-electron chi connectivity index (χ0n) is 8.26. The van der Waals surface area contributed by atoms with Crippen LogP contribution in [-0.2, 0) is 0 Å². The second-order valence-electron chi connectivity index (χ2n) is 3.76. The van der Waals surface area contributed by atoms with E-state index in [1.54, 1.807) is 0 Å². The van der Waals surface area contributed by atoms with Crippen LogP contribution in [0.15, 0.2) is 0 Å². The molecule has 1 saturated carbocycles. The summed E-state index contributed by atoms with van der Waals surface area (Å²) in [7, 11) is 0. The van der Waals surface area contributed by atoms with Crippen LogP contribution in [0, 0.1) is 0 Å². The molecule has 0 unspecified atom stereocenters. The highest BCUT2D eigenvalue weighted by Gasteiger charge is 2.20. The minimum Gasteiger partial charge on any atom is -0.329 e. The van der Waals surface area contributed by atoms with Gasteiger partial charge in [-0.1, -0.05) is 19.8 Å². The molecule has 12 heavy (non-hydrogen) atoms. The van der Waals surface area contributed by atoms with E-state index in [1.807, 2.05) is 0 Å². The highest BCUT2D eigenvalue weighted by Crippen LogP contribution is 2.23. The maximum absolute atomic E-state index is 5.59. The zero-order chi connectivity index (χ0) is 8.81. The first-order valence-corrected chi connectivity index (χ1v) is 5.32. The quantitative estimate of drug-likeness (QED) is 0.679. The van der Waals surface area contributed by atoms with Crippen LogP contribution < -0.4 is 5.73 Å². The third-order valence-electron chi connectivity index (χ3n) is 2.77. The largest absolute Gasteiger partial charge is 0.329 e. The van der Waals surface area contributed by atoms with E-state index < -0.39 is 0 Å². The molecule has 1 fully saturated rings. The summed E-state index contributed by atoms with van der Waals surface area (Å²) in [6.45, 7) is 5.40. The fourth-order valence-corrected chi connectivity index (χ4v) is 2.20. The van der Waals surface area contributed by atoms with E-state index in [2.05, 4.69) is 11.8 Å². The predicted molar refractivity (Wildman–Crippen MR) is 53.2 cm³/mol. The number of nitrogens with two attached hydrogens (primary N) is 1. The maximum atomic E-state index is 5.59. The smallest absolute Gasteiger partial charge is 0.0108 e. The van der Waals surface area contributed by atoms with Crippen molar-refractivity contribution in [3.63, 3.8) is 0 Å². The molecule has 2 N–H and O–H groups in total. The van der Waals surface area contributed by atoms with Gasteiger partial charge in [0, 0.05) is 19.1 Å². The van der Waals surface area contributed by atoms with Gasteiger partial charge >= 0.3 is 0 Å². The Morgan fingerprint density at radius 3 is 2.42 bits per heavy atom. The van der Waals surface area contributed by atoms with Crippen LogP contribution in [-0.4, -0.2) is 30.6 Å². The monoisotopic (exact) mass is 170 g/mol. The van der Waals surface area contributed by atoms with E-state index in [0.717, 1.165) is 19.1 Å². The van der Waals surface area contributed by atoms with Gasteiger partial charge in [-0.3, -0.25) is 4.90 Å². The molecule has 1 aliphatic carbocycles. The van der Waals surface area contributed by atoms with Crippen molar-refractivity contribution >= 4 is 0 Å². The average molecular weight is 170 g/mol. The molecule has 1 aliphatic rings. The molecule has 0 aliphatic heterocycles. The van der Waals surface area contributed by atoms with Crippen molar-refractivity contribution < 1.29 is 0 Å². The van der Waals surface area contributed by atoms with Gasteiger partial charge in [0.05, 0.1) is 0 Å². The summed E-state index contributed by atoms with van der Waals surface area (Å²) in [5.41, 5.74) is 5.59. The summed E-state index contributed by atoms with van der Waals surface area (Å²) in [5, 5.41) is 0. The summed E-state index contributed by atoms with van der Waals surface area (Å²) in [4.78, 5) is 2.58. The summed E-state index contributed by atoms with van der Waals surface area (Å²) < 4.78 is 0. The zero-order valence-corrected chi connectivity index (χ0v) is 8.26. The average Bonchev–Trinajstić information content (AvgIpc) is 2.56. The van der Waals surface area contributed by atoms with Gasteiger partial charge in [0.2, 0.25) is 0 Å². The molecule has 0 spiro atoms. The minimum absolute atomic E-state index is 0.816. The molecule has 0 amide bonds. The van der Waals surface area contributed by atoms with E-state index in [0.29, 0.717) is 0 Å². The lowest BCUT2D eigenvalue weighted by molar-refractivity contribution is 0.204. The molecule has 0 aromatic rings. The molecular formula is C10H22N2. The van der Waals surface area contributed by atoms with E-state index in [9.17, 15) is 0 Å². The van der Waals surface area contributed by atoms with Gasteiger partial charge in [-0.2, -0.15) is 0 Å². The van der Waals surface area contributed by atoms with Gasteiger partial charge in [0.25, 0.3) is 0 Å². The Balaban J connectivity index is 2.29. The molecule has 0 heterocycles. The molecule has 0 aromatic carbocycles. The van der Waals surface area contributed by atoms with Gasteiger partial charge in [0.15, 0.2) is 0 Å². The Kier molecular flexibility index (Phi) is 4.62. The predicted octanol–water partition coefficient (Wildman–Crippen LogP) is 1.60. The van der Waals surface area contributed by atoms with E-state index >= 15 is 0 Å². The first-order valence-electron chi connectivity index (χ1n) is 5.32. The molecule has 1 rings (SSSR count). The van der Waals surface area contributed by atoms with Crippen molar-refractivity contribution in [3.05, 3.63) is 0 Å². The molecule has 0 radical (unpaired) electrons. The summed E-state index contributed by atoms with van der Waals surface area (Å²) in [6, 6.07) is 0.855. The fraction of sp³-hybridized carbons (Fsp3) is 1.00. The van der Waals surface area contributed by atoms with Crippen LogP contribution >= 0.6 is 0 Å². The van der Waals surface area contributed by atoms with Crippen molar-refractivity contribution in [2.45, 2.75) is 45.1 Å². The molecule has 0 bridgehead atoms. The van der Waals surface area contributed by atoms with Crippen molar-refractivity contribution in [1.29, 1.82) is 0 Å². The highest BCUT2D eigenvalue weighted by atomic mass is 15.2. The lowest BCUT2D eigenvalue weighted by Gasteiger charge is -2.27. The Bertz CT molecular complexity index is 102. The molecule has 0 aromatic heterocycles. The minimum atomic E-state index is 0.816. The van der Waals surface area contributed by atoms with Gasteiger partial charge < -0.3 is 5.73 Å². The lowest BCUT2D eigenvalue weighted by Crippen LogP contribution is -2.37. The Hall–Kier alpha value is -0.0800. The second kappa shape index (κ2) is 5.55. The first kappa shape index (κ1) is 10.0. The van der Waals surface area contributed by atoms with Crippen LogP contribution in [0.5, 0.6) is 0 Å². The molecule has 72 valence electrons. The van der Waals surface area contributed by atoms with Crippen LogP contribution in [0.25, 0.3) is 0 Å². The fourth-order valence-electron chi connectivity index (χ4n) is 2.20. The van der Waals surface area contributed by atoms with Crippen LogP contribution in [0.1, 0.15) is 39.0 Å². The standard InChI is InChI=1S/C10H22N2/c1-2-8-12(9-7-11)10-5-3-4-6-10/h10H,2-9,11H2,1H3. The van der Waals surface area contributed by atoms with E-state index in [4.69, 9.17) is 5.73 Å². The normalized spacial score (nSPS) is 19.2. The van der Waals surface area contributed by atoms with Gasteiger partial charge in [-0.15, -0.1) is 0 Å². The first-order chi connectivity index (χ1) is 5.88. The van der Waals surface area contributed by atoms with Crippen molar-refractivity contribution in [1.82, 2.24) is 4.90 Å².